The summed E-state index contributed by atoms with van der Waals surface area (Å²) in [4.78, 5) is 15.5. The van der Waals surface area contributed by atoms with E-state index in [0.717, 1.165) is 36.7 Å². The molecular formula is C22H28ClN3O5S. The summed E-state index contributed by atoms with van der Waals surface area (Å²) in [6.07, 6.45) is 3.16. The summed E-state index contributed by atoms with van der Waals surface area (Å²) in [6.45, 7) is 1.61. The monoisotopic (exact) mass is 481 g/mol. The van der Waals surface area contributed by atoms with E-state index < -0.39 is 15.9 Å². The number of carbonyl (C=O) groups is 1. The van der Waals surface area contributed by atoms with E-state index in [1.165, 1.54) is 34.4 Å². The van der Waals surface area contributed by atoms with Crippen LogP contribution in [0.15, 0.2) is 35.2 Å². The van der Waals surface area contributed by atoms with Gasteiger partial charge in [-0.3, -0.25) is 4.79 Å². The number of carbonyl (C=O) groups excluding carboxylic acids is 1. The predicted molar refractivity (Wildman–Crippen MR) is 126 cm³/mol. The van der Waals surface area contributed by atoms with Crippen LogP contribution in [-0.4, -0.2) is 60.0 Å². The first-order valence-electron chi connectivity index (χ1n) is 10.2. The summed E-state index contributed by atoms with van der Waals surface area (Å²) in [5.74, 6) is 0.381. The molecule has 0 saturated carbocycles. The molecule has 1 heterocycles. The Morgan fingerprint density at radius 2 is 1.66 bits per heavy atom. The molecule has 3 rings (SSSR count). The maximum Gasteiger partial charge on any atom is 0.257 e. The quantitative estimate of drug-likeness (QED) is 0.646. The van der Waals surface area contributed by atoms with Crippen molar-refractivity contribution in [2.75, 3.05) is 51.6 Å². The minimum atomic E-state index is -3.71. The van der Waals surface area contributed by atoms with Gasteiger partial charge in [0.15, 0.2) is 11.5 Å². The highest BCUT2D eigenvalue weighted by molar-refractivity contribution is 7.89. The molecule has 8 nitrogen and oxygen atoms in total. The Balaban J connectivity index is 2.04. The molecule has 2 aromatic carbocycles. The topological polar surface area (TPSA) is 88.2 Å². The number of methoxy groups -OCH3 is 2. The molecule has 0 aromatic heterocycles. The van der Waals surface area contributed by atoms with E-state index in [0.29, 0.717) is 22.9 Å². The van der Waals surface area contributed by atoms with E-state index >= 15 is 0 Å². The summed E-state index contributed by atoms with van der Waals surface area (Å²) in [6, 6.07) is 7.78. The maximum atomic E-state index is 13.4. The molecule has 1 aliphatic rings. The van der Waals surface area contributed by atoms with Crippen LogP contribution in [0.5, 0.6) is 11.5 Å². The van der Waals surface area contributed by atoms with Gasteiger partial charge in [-0.25, -0.2) is 12.7 Å². The molecule has 174 valence electrons. The SMILES string of the molecule is COc1cc(Cl)c(NC(=O)c2cc(S(=O)(=O)N(C)C)ccc2N2CCCCC2)cc1OC. The second-order valence-electron chi connectivity index (χ2n) is 7.66. The Labute approximate surface area is 194 Å². The van der Waals surface area contributed by atoms with E-state index in [1.807, 2.05) is 0 Å². The van der Waals surface area contributed by atoms with Crippen molar-refractivity contribution in [1.82, 2.24) is 4.31 Å². The number of hydrogen-bond acceptors (Lipinski definition) is 6. The van der Waals surface area contributed by atoms with Gasteiger partial charge in [-0.1, -0.05) is 11.6 Å². The maximum absolute atomic E-state index is 13.4. The number of ether oxygens (including phenoxy) is 2. The first kappa shape index (κ1) is 24.2. The van der Waals surface area contributed by atoms with Gasteiger partial charge in [0, 0.05) is 45.0 Å². The lowest BCUT2D eigenvalue weighted by Crippen LogP contribution is -2.32. The van der Waals surface area contributed by atoms with Gasteiger partial charge in [-0.05, 0) is 37.5 Å². The summed E-state index contributed by atoms with van der Waals surface area (Å²) >= 11 is 6.34. The molecular weight excluding hydrogens is 454 g/mol. The van der Waals surface area contributed by atoms with Crippen LogP contribution in [0.3, 0.4) is 0 Å². The van der Waals surface area contributed by atoms with Crippen LogP contribution in [0.2, 0.25) is 5.02 Å². The number of halogens is 1. The molecule has 32 heavy (non-hydrogen) atoms. The molecule has 0 unspecified atom stereocenters. The van der Waals surface area contributed by atoms with E-state index in [1.54, 1.807) is 24.3 Å². The molecule has 0 radical (unpaired) electrons. The van der Waals surface area contributed by atoms with Crippen molar-refractivity contribution in [1.29, 1.82) is 0 Å². The van der Waals surface area contributed by atoms with Crippen molar-refractivity contribution in [2.45, 2.75) is 24.2 Å². The zero-order chi connectivity index (χ0) is 23.5. The average molecular weight is 482 g/mol. The molecule has 0 atom stereocenters. The highest BCUT2D eigenvalue weighted by atomic mass is 35.5. The fourth-order valence-electron chi connectivity index (χ4n) is 3.62. The third-order valence-electron chi connectivity index (χ3n) is 5.41. The van der Waals surface area contributed by atoms with Crippen molar-refractivity contribution >= 4 is 38.9 Å². The van der Waals surface area contributed by atoms with Crippen LogP contribution < -0.4 is 19.7 Å². The van der Waals surface area contributed by atoms with Crippen LogP contribution >= 0.6 is 11.6 Å². The molecule has 0 spiro atoms. The molecule has 1 fully saturated rings. The van der Waals surface area contributed by atoms with Gasteiger partial charge >= 0.3 is 0 Å². The number of piperidine rings is 1. The number of sulfonamides is 1. The van der Waals surface area contributed by atoms with Crippen molar-refractivity contribution in [3.8, 4) is 11.5 Å². The number of benzene rings is 2. The Kier molecular flexibility index (Phi) is 7.53. The van der Waals surface area contributed by atoms with Crippen molar-refractivity contribution < 1.29 is 22.7 Å². The highest BCUT2D eigenvalue weighted by Crippen LogP contribution is 2.37. The molecule has 1 amide bonds. The smallest absolute Gasteiger partial charge is 0.257 e. The summed E-state index contributed by atoms with van der Waals surface area (Å²) < 4.78 is 37.0. The molecule has 1 saturated heterocycles. The average Bonchev–Trinajstić information content (AvgIpc) is 2.80. The van der Waals surface area contributed by atoms with Crippen LogP contribution in [0.4, 0.5) is 11.4 Å². The number of rotatable bonds is 7. The van der Waals surface area contributed by atoms with Gasteiger partial charge in [0.1, 0.15) is 0 Å². The minimum Gasteiger partial charge on any atom is -0.493 e. The van der Waals surface area contributed by atoms with Gasteiger partial charge in [0.25, 0.3) is 5.91 Å². The number of nitrogens with one attached hydrogen (secondary N) is 1. The van der Waals surface area contributed by atoms with Crippen LogP contribution in [0, 0.1) is 0 Å². The minimum absolute atomic E-state index is 0.0480. The van der Waals surface area contributed by atoms with Crippen LogP contribution in [-0.2, 0) is 10.0 Å². The van der Waals surface area contributed by atoms with E-state index in [4.69, 9.17) is 21.1 Å². The third kappa shape index (κ3) is 4.95. The highest BCUT2D eigenvalue weighted by Gasteiger charge is 2.25. The van der Waals surface area contributed by atoms with Gasteiger partial charge in [-0.15, -0.1) is 0 Å². The molecule has 1 N–H and O–H groups in total. The Morgan fingerprint density at radius 1 is 1.03 bits per heavy atom. The summed E-state index contributed by atoms with van der Waals surface area (Å²) in [5, 5.41) is 3.07. The molecule has 10 heteroatoms. The molecule has 0 aliphatic carbocycles. The van der Waals surface area contributed by atoms with Gasteiger partial charge in [0.05, 0.1) is 35.4 Å². The number of amides is 1. The van der Waals surface area contributed by atoms with Crippen molar-refractivity contribution in [3.05, 3.63) is 40.9 Å². The van der Waals surface area contributed by atoms with E-state index in [2.05, 4.69) is 10.2 Å². The predicted octanol–water partition coefficient (Wildman–Crippen LogP) is 3.85. The molecule has 1 aliphatic heterocycles. The van der Waals surface area contributed by atoms with E-state index in [9.17, 15) is 13.2 Å². The zero-order valence-corrected chi connectivity index (χ0v) is 20.2. The lowest BCUT2D eigenvalue weighted by molar-refractivity contribution is 0.102. The molecule has 2 aromatic rings. The number of nitrogens with zero attached hydrogens (tertiary/aromatic N) is 2. The third-order valence-corrected chi connectivity index (χ3v) is 7.53. The second kappa shape index (κ2) is 9.97. The Bertz CT molecular complexity index is 1100. The zero-order valence-electron chi connectivity index (χ0n) is 18.6. The fraction of sp³-hybridized carbons (Fsp3) is 0.409. The Morgan fingerprint density at radius 3 is 2.25 bits per heavy atom. The first-order valence-corrected chi connectivity index (χ1v) is 12.0. The fourth-order valence-corrected chi connectivity index (χ4v) is 4.75. The number of anilines is 2. The summed E-state index contributed by atoms with van der Waals surface area (Å²) in [5.41, 5.74) is 1.29. The van der Waals surface area contributed by atoms with Crippen molar-refractivity contribution in [3.63, 3.8) is 0 Å². The van der Waals surface area contributed by atoms with Gasteiger partial charge in [0.2, 0.25) is 10.0 Å². The van der Waals surface area contributed by atoms with Crippen molar-refractivity contribution in [2.24, 2.45) is 0 Å². The lowest BCUT2D eigenvalue weighted by atomic mass is 10.1. The second-order valence-corrected chi connectivity index (χ2v) is 10.2. The lowest BCUT2D eigenvalue weighted by Gasteiger charge is -2.30. The first-order chi connectivity index (χ1) is 15.2. The Hall–Kier alpha value is -2.49. The van der Waals surface area contributed by atoms with Crippen LogP contribution in [0.25, 0.3) is 0 Å². The van der Waals surface area contributed by atoms with Crippen LogP contribution in [0.1, 0.15) is 29.6 Å². The summed E-state index contributed by atoms with van der Waals surface area (Å²) in [7, 11) is 2.18. The van der Waals surface area contributed by atoms with Gasteiger partial charge < -0.3 is 19.7 Å². The normalized spacial score (nSPS) is 14.4. The van der Waals surface area contributed by atoms with Gasteiger partial charge in [-0.2, -0.15) is 0 Å². The standard InChI is InChI=1S/C22H28ClN3O5S/c1-25(2)32(28,29)15-8-9-19(26-10-6-5-7-11-26)16(12-15)22(27)24-18-14-21(31-4)20(30-3)13-17(18)23/h8-9,12-14H,5-7,10-11H2,1-4H3,(H,24,27). The number of hydrogen-bond donors (Lipinski definition) is 1. The van der Waals surface area contributed by atoms with E-state index in [-0.39, 0.29) is 15.5 Å². The largest absolute Gasteiger partial charge is 0.493 e. The molecule has 0 bridgehead atoms.